The van der Waals surface area contributed by atoms with E-state index in [0.717, 1.165) is 18.8 Å². The number of hydrogen-bond donors (Lipinski definition) is 1. The summed E-state index contributed by atoms with van der Waals surface area (Å²) in [5.41, 5.74) is 0. The summed E-state index contributed by atoms with van der Waals surface area (Å²) < 4.78 is 5.49. The molecule has 0 radical (unpaired) electrons. The van der Waals surface area contributed by atoms with Crippen LogP contribution in [0, 0.1) is 0 Å². The van der Waals surface area contributed by atoms with Crippen LogP contribution in [0.5, 0.6) is 5.75 Å². The third kappa shape index (κ3) is 4.56. The molecule has 1 N–H and O–H groups in total. The normalized spacial score (nSPS) is 16.2. The van der Waals surface area contributed by atoms with Gasteiger partial charge in [0, 0.05) is 11.4 Å². The number of nitrogens with one attached hydrogen (secondary N) is 1. The molecule has 2 heterocycles. The van der Waals surface area contributed by atoms with E-state index in [0.29, 0.717) is 6.54 Å². The van der Waals surface area contributed by atoms with Crippen molar-refractivity contribution in [3.63, 3.8) is 0 Å². The first-order chi connectivity index (χ1) is 11.3. The topological polar surface area (TPSA) is 41.6 Å². The molecule has 4 nitrogen and oxygen atoms in total. The van der Waals surface area contributed by atoms with Gasteiger partial charge < -0.3 is 10.1 Å². The van der Waals surface area contributed by atoms with Crippen LogP contribution in [0.15, 0.2) is 47.8 Å². The minimum atomic E-state index is -0.0744. The highest BCUT2D eigenvalue weighted by Crippen LogP contribution is 2.27. The molecule has 122 valence electrons. The number of ether oxygens (including phenoxy) is 1. The van der Waals surface area contributed by atoms with Gasteiger partial charge in [0.2, 0.25) is 0 Å². The fourth-order valence-corrected chi connectivity index (χ4v) is 3.73. The maximum atomic E-state index is 12.1. The minimum Gasteiger partial charge on any atom is -0.484 e. The van der Waals surface area contributed by atoms with Crippen molar-refractivity contribution in [2.24, 2.45) is 0 Å². The molecule has 1 fully saturated rings. The fraction of sp³-hybridized carbons (Fsp3) is 0.389. The molecule has 0 spiro atoms. The highest BCUT2D eigenvalue weighted by molar-refractivity contribution is 7.10. The van der Waals surface area contributed by atoms with Crippen molar-refractivity contribution < 1.29 is 9.53 Å². The molecule has 5 heteroatoms. The van der Waals surface area contributed by atoms with Crippen molar-refractivity contribution in [3.05, 3.63) is 52.7 Å². The van der Waals surface area contributed by atoms with E-state index >= 15 is 0 Å². The molecule has 1 atom stereocenters. The molecule has 0 unspecified atom stereocenters. The van der Waals surface area contributed by atoms with Gasteiger partial charge in [-0.2, -0.15) is 0 Å². The Bertz CT molecular complexity index is 595. The molecule has 1 aliphatic heterocycles. The minimum absolute atomic E-state index is 0.0567. The first kappa shape index (κ1) is 16.0. The van der Waals surface area contributed by atoms with Gasteiger partial charge in [-0.1, -0.05) is 24.3 Å². The van der Waals surface area contributed by atoms with Crippen LogP contribution in [0.1, 0.15) is 23.8 Å². The second-order valence-electron chi connectivity index (χ2n) is 5.68. The SMILES string of the molecule is O=C(COc1ccccc1)NC[C@H](c1cccs1)N1CCCC1. The number of para-hydroxylation sites is 1. The van der Waals surface area contributed by atoms with Crippen molar-refractivity contribution in [2.45, 2.75) is 18.9 Å². The first-order valence-corrected chi connectivity index (χ1v) is 8.93. The zero-order valence-corrected chi connectivity index (χ0v) is 13.9. The van der Waals surface area contributed by atoms with E-state index < -0.39 is 0 Å². The average Bonchev–Trinajstić information content (AvgIpc) is 3.28. The molecule has 23 heavy (non-hydrogen) atoms. The van der Waals surface area contributed by atoms with E-state index in [-0.39, 0.29) is 18.6 Å². The lowest BCUT2D eigenvalue weighted by Crippen LogP contribution is -2.38. The van der Waals surface area contributed by atoms with Gasteiger partial charge in [0.15, 0.2) is 6.61 Å². The summed E-state index contributed by atoms with van der Waals surface area (Å²) in [4.78, 5) is 15.8. The van der Waals surface area contributed by atoms with Crippen LogP contribution in [0.3, 0.4) is 0 Å². The predicted molar refractivity (Wildman–Crippen MR) is 92.8 cm³/mol. The zero-order valence-electron chi connectivity index (χ0n) is 13.1. The summed E-state index contributed by atoms with van der Waals surface area (Å²) >= 11 is 1.76. The summed E-state index contributed by atoms with van der Waals surface area (Å²) in [6.45, 7) is 2.91. The lowest BCUT2D eigenvalue weighted by Gasteiger charge is -2.26. The molecular formula is C18H22N2O2S. The first-order valence-electron chi connectivity index (χ1n) is 8.05. The standard InChI is InChI=1S/C18H22N2O2S/c21-18(14-22-15-7-2-1-3-8-15)19-13-16(17-9-6-12-23-17)20-10-4-5-11-20/h1-3,6-9,12,16H,4-5,10-11,13-14H2,(H,19,21)/t16-/m1/s1. The number of carbonyl (C=O) groups excluding carboxylic acids is 1. The molecule has 1 aromatic carbocycles. The van der Waals surface area contributed by atoms with Crippen LogP contribution in [0.4, 0.5) is 0 Å². The van der Waals surface area contributed by atoms with Gasteiger partial charge in [0.25, 0.3) is 5.91 Å². The number of carbonyl (C=O) groups is 1. The van der Waals surface area contributed by atoms with Crippen LogP contribution < -0.4 is 10.1 Å². The molecule has 2 aromatic rings. The highest BCUT2D eigenvalue weighted by Gasteiger charge is 2.24. The van der Waals surface area contributed by atoms with Crippen molar-refractivity contribution in [1.82, 2.24) is 10.2 Å². The molecule has 1 aromatic heterocycles. The second kappa shape index (κ2) is 8.13. The Morgan fingerprint density at radius 2 is 1.96 bits per heavy atom. The number of nitrogens with zero attached hydrogens (tertiary/aromatic N) is 1. The maximum Gasteiger partial charge on any atom is 0.258 e. The average molecular weight is 330 g/mol. The van der Waals surface area contributed by atoms with E-state index in [2.05, 4.69) is 27.7 Å². The smallest absolute Gasteiger partial charge is 0.258 e. The Kier molecular flexibility index (Phi) is 5.66. The van der Waals surface area contributed by atoms with Gasteiger partial charge in [0.05, 0.1) is 6.04 Å². The molecule has 0 saturated carbocycles. The Morgan fingerprint density at radius 1 is 1.17 bits per heavy atom. The van der Waals surface area contributed by atoms with Gasteiger partial charge in [-0.3, -0.25) is 9.69 Å². The Hall–Kier alpha value is -1.85. The molecule has 0 aliphatic carbocycles. The predicted octanol–water partition coefficient (Wildman–Crippen LogP) is 3.08. The third-order valence-electron chi connectivity index (χ3n) is 4.06. The molecular weight excluding hydrogens is 308 g/mol. The quantitative estimate of drug-likeness (QED) is 0.848. The third-order valence-corrected chi connectivity index (χ3v) is 5.03. The van der Waals surface area contributed by atoms with Crippen LogP contribution in [-0.4, -0.2) is 37.0 Å². The summed E-state index contributed by atoms with van der Waals surface area (Å²) in [5, 5.41) is 5.12. The highest BCUT2D eigenvalue weighted by atomic mass is 32.1. The Morgan fingerprint density at radius 3 is 2.65 bits per heavy atom. The van der Waals surface area contributed by atoms with Crippen molar-refractivity contribution in [1.29, 1.82) is 0 Å². The number of hydrogen-bond acceptors (Lipinski definition) is 4. The number of rotatable bonds is 7. The lowest BCUT2D eigenvalue weighted by molar-refractivity contribution is -0.123. The maximum absolute atomic E-state index is 12.1. The summed E-state index contributed by atoms with van der Waals surface area (Å²) in [7, 11) is 0. The molecule has 3 rings (SSSR count). The van der Waals surface area contributed by atoms with E-state index in [1.807, 2.05) is 30.3 Å². The summed E-state index contributed by atoms with van der Waals surface area (Å²) in [5.74, 6) is 0.645. The van der Waals surface area contributed by atoms with E-state index in [4.69, 9.17) is 4.74 Å². The lowest BCUT2D eigenvalue weighted by atomic mass is 10.2. The Balaban J connectivity index is 1.51. The van der Waals surface area contributed by atoms with Gasteiger partial charge in [0.1, 0.15) is 5.75 Å². The Labute approximate surface area is 141 Å². The van der Waals surface area contributed by atoms with Crippen molar-refractivity contribution >= 4 is 17.2 Å². The second-order valence-corrected chi connectivity index (χ2v) is 6.66. The summed E-state index contributed by atoms with van der Waals surface area (Å²) in [6.07, 6.45) is 2.49. The van der Waals surface area contributed by atoms with Crippen LogP contribution in [0.2, 0.25) is 0 Å². The fourth-order valence-electron chi connectivity index (χ4n) is 2.87. The largest absolute Gasteiger partial charge is 0.484 e. The van der Waals surface area contributed by atoms with Crippen LogP contribution in [0.25, 0.3) is 0 Å². The van der Waals surface area contributed by atoms with Crippen LogP contribution >= 0.6 is 11.3 Å². The van der Waals surface area contributed by atoms with Gasteiger partial charge in [-0.25, -0.2) is 0 Å². The van der Waals surface area contributed by atoms with E-state index in [9.17, 15) is 4.79 Å². The number of likely N-dealkylation sites (tertiary alicyclic amines) is 1. The monoisotopic (exact) mass is 330 g/mol. The van der Waals surface area contributed by atoms with E-state index in [1.54, 1.807) is 11.3 Å². The molecule has 1 aliphatic rings. The van der Waals surface area contributed by atoms with Crippen molar-refractivity contribution in [2.75, 3.05) is 26.2 Å². The van der Waals surface area contributed by atoms with Gasteiger partial charge in [-0.15, -0.1) is 11.3 Å². The van der Waals surface area contributed by atoms with E-state index in [1.165, 1.54) is 17.7 Å². The van der Waals surface area contributed by atoms with Crippen LogP contribution in [-0.2, 0) is 4.79 Å². The zero-order chi connectivity index (χ0) is 15.9. The number of thiophene rings is 1. The molecule has 1 saturated heterocycles. The molecule has 1 amide bonds. The van der Waals surface area contributed by atoms with Crippen molar-refractivity contribution in [3.8, 4) is 5.75 Å². The summed E-state index contributed by atoms with van der Waals surface area (Å²) in [6, 6.07) is 13.9. The number of benzene rings is 1. The van der Waals surface area contributed by atoms with Gasteiger partial charge in [-0.05, 0) is 49.5 Å². The number of amides is 1. The van der Waals surface area contributed by atoms with Gasteiger partial charge >= 0.3 is 0 Å². The molecule has 0 bridgehead atoms.